The Morgan fingerprint density at radius 2 is 1.92 bits per heavy atom. The summed E-state index contributed by atoms with van der Waals surface area (Å²) in [6.07, 6.45) is 2.68. The lowest BCUT2D eigenvalue weighted by Crippen LogP contribution is -2.48. The number of carboxylic acids is 1. The second-order valence-corrected chi connectivity index (χ2v) is 6.88. The highest BCUT2D eigenvalue weighted by Gasteiger charge is 2.50. The number of para-hydroxylation sites is 1. The number of piperidine rings is 1. The topological polar surface area (TPSA) is 98.7 Å². The Morgan fingerprint density at radius 3 is 2.56 bits per heavy atom. The third kappa shape index (κ3) is 4.10. The van der Waals surface area contributed by atoms with Gasteiger partial charge in [0.25, 0.3) is 0 Å². The number of carboxylic acid groups (broad SMARTS) is 1. The third-order valence-electron chi connectivity index (χ3n) is 5.01. The van der Waals surface area contributed by atoms with E-state index in [1.54, 1.807) is 4.90 Å². The standard InChI is InChI=1S/C18H23N3O4/c22-15(19-12-18(8-9-18)16(23)24)13-5-4-10-21(11-13)17(25)20-14-6-2-1-3-7-14/h1-3,6-7,13H,4-5,8-12H2,(H,19,22)(H,20,25)(H,23,24). The average molecular weight is 345 g/mol. The molecule has 25 heavy (non-hydrogen) atoms. The molecule has 1 unspecified atom stereocenters. The number of hydrogen-bond donors (Lipinski definition) is 3. The molecule has 1 saturated carbocycles. The van der Waals surface area contributed by atoms with Crippen LogP contribution in [0.1, 0.15) is 25.7 Å². The number of nitrogens with one attached hydrogen (secondary N) is 2. The number of aliphatic carboxylic acids is 1. The summed E-state index contributed by atoms with van der Waals surface area (Å²) in [4.78, 5) is 37.5. The van der Waals surface area contributed by atoms with Gasteiger partial charge in [-0.2, -0.15) is 0 Å². The number of urea groups is 1. The molecule has 1 aliphatic carbocycles. The Balaban J connectivity index is 1.51. The molecule has 0 bridgehead atoms. The second kappa shape index (κ2) is 7.13. The summed E-state index contributed by atoms with van der Waals surface area (Å²) < 4.78 is 0. The van der Waals surface area contributed by atoms with Gasteiger partial charge in [-0.15, -0.1) is 0 Å². The number of nitrogens with zero attached hydrogens (tertiary/aromatic N) is 1. The Hall–Kier alpha value is -2.57. The van der Waals surface area contributed by atoms with Crippen molar-refractivity contribution in [2.75, 3.05) is 25.0 Å². The predicted molar refractivity (Wildman–Crippen MR) is 92.1 cm³/mol. The van der Waals surface area contributed by atoms with Gasteiger partial charge >= 0.3 is 12.0 Å². The van der Waals surface area contributed by atoms with Gasteiger partial charge in [-0.3, -0.25) is 9.59 Å². The van der Waals surface area contributed by atoms with E-state index in [-0.39, 0.29) is 24.4 Å². The largest absolute Gasteiger partial charge is 0.481 e. The molecule has 0 radical (unpaired) electrons. The monoisotopic (exact) mass is 345 g/mol. The van der Waals surface area contributed by atoms with E-state index in [9.17, 15) is 14.4 Å². The number of carbonyl (C=O) groups is 3. The summed E-state index contributed by atoms with van der Waals surface area (Å²) in [7, 11) is 0. The molecule has 0 aromatic heterocycles. The van der Waals surface area contributed by atoms with E-state index in [1.807, 2.05) is 30.3 Å². The molecule has 1 atom stereocenters. The van der Waals surface area contributed by atoms with Crippen LogP contribution in [0.15, 0.2) is 30.3 Å². The molecule has 1 heterocycles. The molecule has 3 N–H and O–H groups in total. The number of anilines is 1. The van der Waals surface area contributed by atoms with Crippen molar-refractivity contribution in [3.63, 3.8) is 0 Å². The minimum Gasteiger partial charge on any atom is -0.481 e. The zero-order valence-corrected chi connectivity index (χ0v) is 14.0. The predicted octanol–water partition coefficient (Wildman–Crippen LogP) is 1.91. The molecule has 7 heteroatoms. The smallest absolute Gasteiger partial charge is 0.321 e. The van der Waals surface area contributed by atoms with Gasteiger partial charge < -0.3 is 20.6 Å². The van der Waals surface area contributed by atoms with Crippen molar-refractivity contribution in [2.45, 2.75) is 25.7 Å². The van der Waals surface area contributed by atoms with E-state index in [0.717, 1.165) is 12.1 Å². The van der Waals surface area contributed by atoms with E-state index in [4.69, 9.17) is 5.11 Å². The number of rotatable bonds is 5. The summed E-state index contributed by atoms with van der Waals surface area (Å²) in [5.41, 5.74) is -0.0504. The first kappa shape index (κ1) is 17.3. The normalized spacial score (nSPS) is 21.3. The molecule has 0 spiro atoms. The summed E-state index contributed by atoms with van der Waals surface area (Å²) in [6.45, 7) is 1.14. The molecule has 134 valence electrons. The zero-order chi connectivity index (χ0) is 17.9. The number of likely N-dealkylation sites (tertiary alicyclic amines) is 1. The zero-order valence-electron chi connectivity index (χ0n) is 14.0. The summed E-state index contributed by atoms with van der Waals surface area (Å²) >= 11 is 0. The summed E-state index contributed by atoms with van der Waals surface area (Å²) in [5, 5.41) is 14.8. The van der Waals surface area contributed by atoms with Crippen molar-refractivity contribution in [3.05, 3.63) is 30.3 Å². The fourth-order valence-corrected chi connectivity index (χ4v) is 3.12. The van der Waals surface area contributed by atoms with Crippen molar-refractivity contribution in [1.82, 2.24) is 10.2 Å². The number of carbonyl (C=O) groups excluding carboxylic acids is 2. The van der Waals surface area contributed by atoms with Crippen molar-refractivity contribution in [3.8, 4) is 0 Å². The molecular weight excluding hydrogens is 322 g/mol. The first-order chi connectivity index (χ1) is 12.0. The Morgan fingerprint density at radius 1 is 1.20 bits per heavy atom. The van der Waals surface area contributed by atoms with E-state index in [0.29, 0.717) is 32.4 Å². The maximum atomic E-state index is 12.4. The molecule has 1 saturated heterocycles. The highest BCUT2D eigenvalue weighted by Crippen LogP contribution is 2.45. The Kier molecular flexibility index (Phi) is 4.92. The van der Waals surface area contributed by atoms with Crippen LogP contribution < -0.4 is 10.6 Å². The molecule has 2 aliphatic rings. The molecular formula is C18H23N3O4. The van der Waals surface area contributed by atoms with E-state index in [1.165, 1.54) is 0 Å². The highest BCUT2D eigenvalue weighted by molar-refractivity contribution is 5.90. The first-order valence-corrected chi connectivity index (χ1v) is 8.62. The van der Waals surface area contributed by atoms with Gasteiger partial charge in [0, 0.05) is 25.3 Å². The molecule has 3 amide bonds. The van der Waals surface area contributed by atoms with Gasteiger partial charge in [-0.05, 0) is 37.8 Å². The Labute approximate surface area is 146 Å². The van der Waals surface area contributed by atoms with Gasteiger partial charge in [-0.25, -0.2) is 4.79 Å². The molecule has 1 aromatic rings. The lowest BCUT2D eigenvalue weighted by molar-refractivity contribution is -0.143. The van der Waals surface area contributed by atoms with Crippen LogP contribution >= 0.6 is 0 Å². The Bertz CT molecular complexity index is 658. The molecule has 2 fully saturated rings. The number of amides is 3. The average Bonchev–Trinajstić information content (AvgIpc) is 3.42. The first-order valence-electron chi connectivity index (χ1n) is 8.62. The third-order valence-corrected chi connectivity index (χ3v) is 5.01. The van der Waals surface area contributed by atoms with Crippen LogP contribution in [0, 0.1) is 11.3 Å². The number of hydrogen-bond acceptors (Lipinski definition) is 3. The lowest BCUT2D eigenvalue weighted by Gasteiger charge is -2.32. The van der Waals surface area contributed by atoms with Crippen LogP contribution in [-0.2, 0) is 9.59 Å². The van der Waals surface area contributed by atoms with Gasteiger partial charge in [0.1, 0.15) is 0 Å². The van der Waals surface area contributed by atoms with E-state index in [2.05, 4.69) is 10.6 Å². The molecule has 1 aromatic carbocycles. The fraction of sp³-hybridized carbons (Fsp3) is 0.500. The van der Waals surface area contributed by atoms with Crippen molar-refractivity contribution in [2.24, 2.45) is 11.3 Å². The van der Waals surface area contributed by atoms with E-state index < -0.39 is 11.4 Å². The second-order valence-electron chi connectivity index (χ2n) is 6.88. The molecule has 1 aliphatic heterocycles. The van der Waals surface area contributed by atoms with Gasteiger partial charge in [0.2, 0.25) is 5.91 Å². The highest BCUT2D eigenvalue weighted by atomic mass is 16.4. The van der Waals surface area contributed by atoms with Crippen LogP contribution in [0.3, 0.4) is 0 Å². The van der Waals surface area contributed by atoms with Gasteiger partial charge in [0.05, 0.1) is 11.3 Å². The molecule has 7 nitrogen and oxygen atoms in total. The van der Waals surface area contributed by atoms with Crippen LogP contribution in [-0.4, -0.2) is 47.5 Å². The minimum absolute atomic E-state index is 0.162. The fourth-order valence-electron chi connectivity index (χ4n) is 3.12. The van der Waals surface area contributed by atoms with Crippen LogP contribution in [0.25, 0.3) is 0 Å². The number of benzene rings is 1. The molecule has 3 rings (SSSR count). The van der Waals surface area contributed by atoms with E-state index >= 15 is 0 Å². The summed E-state index contributed by atoms with van der Waals surface area (Å²) in [5.74, 6) is -1.30. The van der Waals surface area contributed by atoms with Gasteiger partial charge in [-0.1, -0.05) is 18.2 Å². The quantitative estimate of drug-likeness (QED) is 0.759. The van der Waals surface area contributed by atoms with Crippen molar-refractivity contribution >= 4 is 23.6 Å². The SMILES string of the molecule is O=C(NCC1(C(=O)O)CC1)C1CCCN(C(=O)Nc2ccccc2)C1. The lowest BCUT2D eigenvalue weighted by atomic mass is 9.97. The summed E-state index contributed by atoms with van der Waals surface area (Å²) in [6, 6.07) is 8.98. The minimum atomic E-state index is -0.847. The maximum Gasteiger partial charge on any atom is 0.321 e. The van der Waals surface area contributed by atoms with Crippen LogP contribution in [0.4, 0.5) is 10.5 Å². The maximum absolute atomic E-state index is 12.4. The van der Waals surface area contributed by atoms with Crippen LogP contribution in [0.2, 0.25) is 0 Å². The van der Waals surface area contributed by atoms with Crippen LogP contribution in [0.5, 0.6) is 0 Å². The van der Waals surface area contributed by atoms with Crippen molar-refractivity contribution < 1.29 is 19.5 Å². The van der Waals surface area contributed by atoms with Gasteiger partial charge in [0.15, 0.2) is 0 Å². The van der Waals surface area contributed by atoms with Crippen molar-refractivity contribution in [1.29, 1.82) is 0 Å².